The van der Waals surface area contributed by atoms with Crippen LogP contribution in [0.2, 0.25) is 0 Å². The molecule has 0 atom stereocenters. The molecule has 2 N–H and O–H groups in total. The fourth-order valence-corrected chi connectivity index (χ4v) is 3.02. The molecule has 1 heterocycles. The third kappa shape index (κ3) is 6.91. The summed E-state index contributed by atoms with van der Waals surface area (Å²) >= 11 is 1.72. The van der Waals surface area contributed by atoms with Gasteiger partial charge in [-0.05, 0) is 24.6 Å². The maximum Gasteiger partial charge on any atom is 0.253 e. The van der Waals surface area contributed by atoms with Crippen molar-refractivity contribution in [2.75, 3.05) is 27.7 Å². The van der Waals surface area contributed by atoms with Crippen LogP contribution in [-0.2, 0) is 13.0 Å². The van der Waals surface area contributed by atoms with Crippen molar-refractivity contribution in [3.63, 3.8) is 0 Å². The summed E-state index contributed by atoms with van der Waals surface area (Å²) in [5, 5.41) is 7.69. The molecule has 26 heavy (non-hydrogen) atoms. The number of aromatic nitrogens is 1. The van der Waals surface area contributed by atoms with Crippen LogP contribution >= 0.6 is 35.3 Å². The van der Waals surface area contributed by atoms with Crippen molar-refractivity contribution in [1.29, 1.82) is 0 Å². The van der Waals surface area contributed by atoms with Gasteiger partial charge in [-0.3, -0.25) is 9.79 Å². The number of carbonyl (C=O) groups is 1. The first-order valence-electron chi connectivity index (χ1n) is 8.16. The van der Waals surface area contributed by atoms with Gasteiger partial charge >= 0.3 is 0 Å². The molecule has 2 aromatic rings. The first-order chi connectivity index (χ1) is 12.0. The summed E-state index contributed by atoms with van der Waals surface area (Å²) in [6, 6.07) is 7.60. The zero-order valence-corrected chi connectivity index (χ0v) is 18.7. The molecule has 0 bridgehead atoms. The highest BCUT2D eigenvalue weighted by Crippen LogP contribution is 2.11. The van der Waals surface area contributed by atoms with Gasteiger partial charge in [0.15, 0.2) is 5.96 Å². The Bertz CT molecular complexity index is 727. The van der Waals surface area contributed by atoms with Crippen molar-refractivity contribution < 1.29 is 4.79 Å². The van der Waals surface area contributed by atoms with Crippen molar-refractivity contribution in [3.8, 4) is 0 Å². The van der Waals surface area contributed by atoms with E-state index in [9.17, 15) is 4.79 Å². The molecule has 0 spiro atoms. The summed E-state index contributed by atoms with van der Waals surface area (Å²) in [6.45, 7) is 3.49. The van der Waals surface area contributed by atoms with E-state index in [4.69, 9.17) is 0 Å². The number of halogens is 1. The highest BCUT2D eigenvalue weighted by molar-refractivity contribution is 14.0. The van der Waals surface area contributed by atoms with Crippen LogP contribution in [0.3, 0.4) is 0 Å². The topological polar surface area (TPSA) is 69.6 Å². The van der Waals surface area contributed by atoms with E-state index in [-0.39, 0.29) is 29.9 Å². The van der Waals surface area contributed by atoms with E-state index in [2.05, 4.69) is 27.5 Å². The average molecular weight is 487 g/mol. The van der Waals surface area contributed by atoms with Crippen LogP contribution in [-0.4, -0.2) is 49.4 Å². The van der Waals surface area contributed by atoms with Gasteiger partial charge in [0, 0.05) is 57.3 Å². The minimum Gasteiger partial charge on any atom is -0.356 e. The fraction of sp³-hybridized carbons (Fsp3) is 0.389. The predicted octanol–water partition coefficient (Wildman–Crippen LogP) is 2.68. The lowest BCUT2D eigenvalue weighted by Gasteiger charge is -2.13. The molecular formula is C18H26IN5OS. The van der Waals surface area contributed by atoms with Crippen molar-refractivity contribution >= 4 is 47.2 Å². The molecule has 8 heteroatoms. The van der Waals surface area contributed by atoms with Crippen molar-refractivity contribution in [1.82, 2.24) is 20.5 Å². The first-order valence-corrected chi connectivity index (χ1v) is 8.97. The monoisotopic (exact) mass is 487 g/mol. The molecule has 0 aliphatic heterocycles. The highest BCUT2D eigenvalue weighted by Gasteiger charge is 2.07. The van der Waals surface area contributed by atoms with E-state index in [1.54, 1.807) is 37.4 Å². The molecule has 0 unspecified atom stereocenters. The van der Waals surface area contributed by atoms with E-state index < -0.39 is 0 Å². The second-order valence-corrected chi connectivity index (χ2v) is 7.18. The van der Waals surface area contributed by atoms with Crippen molar-refractivity contribution in [2.24, 2.45) is 4.99 Å². The summed E-state index contributed by atoms with van der Waals surface area (Å²) in [5.74, 6) is 0.760. The molecule has 0 radical (unpaired) electrons. The van der Waals surface area contributed by atoms with Gasteiger partial charge in [-0.2, -0.15) is 0 Å². The second-order valence-electron chi connectivity index (χ2n) is 5.86. The van der Waals surface area contributed by atoms with Crippen LogP contribution in [0.15, 0.2) is 35.5 Å². The molecule has 142 valence electrons. The van der Waals surface area contributed by atoms with Crippen LogP contribution in [0.4, 0.5) is 0 Å². The molecule has 0 fully saturated rings. The van der Waals surface area contributed by atoms with Crippen LogP contribution in [0.1, 0.15) is 25.8 Å². The van der Waals surface area contributed by atoms with E-state index >= 15 is 0 Å². The Kier molecular flexibility index (Phi) is 9.57. The van der Waals surface area contributed by atoms with E-state index in [1.807, 2.05) is 30.5 Å². The van der Waals surface area contributed by atoms with E-state index in [1.165, 1.54) is 4.88 Å². The number of aliphatic imine (C=N–C) groups is 1. The summed E-state index contributed by atoms with van der Waals surface area (Å²) in [4.78, 5) is 23.3. The molecular weight excluding hydrogens is 461 g/mol. The van der Waals surface area contributed by atoms with Crippen LogP contribution in [0.25, 0.3) is 0 Å². The Balaban J connectivity index is 0.00000338. The molecule has 0 aliphatic carbocycles. The number of nitrogens with one attached hydrogen (secondary N) is 2. The Morgan fingerprint density at radius 2 is 1.92 bits per heavy atom. The molecule has 1 aromatic carbocycles. The third-order valence-corrected chi connectivity index (χ3v) is 4.56. The largest absolute Gasteiger partial charge is 0.356 e. The zero-order chi connectivity index (χ0) is 18.2. The fourth-order valence-electron chi connectivity index (χ4n) is 2.23. The minimum atomic E-state index is 0. The van der Waals surface area contributed by atoms with Crippen molar-refractivity contribution in [2.45, 2.75) is 19.9 Å². The summed E-state index contributed by atoms with van der Waals surface area (Å²) in [6.07, 6.45) is 2.78. The lowest BCUT2D eigenvalue weighted by Crippen LogP contribution is -2.37. The number of thiazole rings is 1. The maximum absolute atomic E-state index is 11.9. The van der Waals surface area contributed by atoms with Crippen molar-refractivity contribution in [3.05, 3.63) is 51.5 Å². The van der Waals surface area contributed by atoms with Gasteiger partial charge in [-0.15, -0.1) is 35.3 Å². The number of carbonyl (C=O) groups excluding carboxylic acids is 1. The normalized spacial score (nSPS) is 10.8. The van der Waals surface area contributed by atoms with Gasteiger partial charge in [0.05, 0.1) is 5.01 Å². The van der Waals surface area contributed by atoms with Gasteiger partial charge in [-0.25, -0.2) is 4.98 Å². The van der Waals surface area contributed by atoms with E-state index in [0.29, 0.717) is 12.1 Å². The Hall–Kier alpha value is -1.68. The number of nitrogens with zero attached hydrogens (tertiary/aromatic N) is 3. The van der Waals surface area contributed by atoms with Gasteiger partial charge in [0.25, 0.3) is 5.91 Å². The summed E-state index contributed by atoms with van der Waals surface area (Å²) in [7, 11) is 5.25. The SMILES string of the molecule is CN=C(NCCc1ncc(C)s1)NCc1ccc(C(=O)N(C)C)cc1.I. The molecule has 6 nitrogen and oxygen atoms in total. The number of hydrogen-bond donors (Lipinski definition) is 2. The number of guanidine groups is 1. The minimum absolute atomic E-state index is 0. The van der Waals surface area contributed by atoms with E-state index in [0.717, 1.165) is 29.5 Å². The van der Waals surface area contributed by atoms with Crippen LogP contribution in [0.5, 0.6) is 0 Å². The second kappa shape index (κ2) is 11.1. The summed E-state index contributed by atoms with van der Waals surface area (Å²) in [5.41, 5.74) is 1.78. The lowest BCUT2D eigenvalue weighted by molar-refractivity contribution is 0.0827. The quantitative estimate of drug-likeness (QED) is 0.374. The van der Waals surface area contributed by atoms with Gasteiger partial charge in [0.2, 0.25) is 0 Å². The summed E-state index contributed by atoms with van der Waals surface area (Å²) < 4.78 is 0. The number of benzene rings is 1. The Morgan fingerprint density at radius 3 is 2.46 bits per heavy atom. The zero-order valence-electron chi connectivity index (χ0n) is 15.6. The standard InChI is InChI=1S/C18H25N5OS.HI/c1-13-11-21-16(25-13)9-10-20-18(19-2)22-12-14-5-7-15(8-6-14)17(24)23(3)4;/h5-8,11H,9-10,12H2,1-4H3,(H2,19,20,22);1H. The molecule has 0 aliphatic rings. The maximum atomic E-state index is 11.9. The average Bonchev–Trinajstić information content (AvgIpc) is 3.03. The van der Waals surface area contributed by atoms with Crippen LogP contribution < -0.4 is 10.6 Å². The van der Waals surface area contributed by atoms with Crippen LogP contribution in [0, 0.1) is 6.92 Å². The first kappa shape index (κ1) is 22.4. The number of hydrogen-bond acceptors (Lipinski definition) is 4. The smallest absolute Gasteiger partial charge is 0.253 e. The number of amides is 1. The number of aryl methyl sites for hydroxylation is 1. The van der Waals surface area contributed by atoms with Gasteiger partial charge in [-0.1, -0.05) is 12.1 Å². The third-order valence-electron chi connectivity index (χ3n) is 3.59. The Labute approximate surface area is 176 Å². The molecule has 1 aromatic heterocycles. The van der Waals surface area contributed by atoms with Gasteiger partial charge < -0.3 is 15.5 Å². The number of rotatable bonds is 6. The predicted molar refractivity (Wildman–Crippen MR) is 119 cm³/mol. The molecule has 1 amide bonds. The molecule has 2 rings (SSSR count). The molecule has 0 saturated carbocycles. The Morgan fingerprint density at radius 1 is 1.23 bits per heavy atom. The lowest BCUT2D eigenvalue weighted by atomic mass is 10.1. The molecule has 0 saturated heterocycles. The van der Waals surface area contributed by atoms with Gasteiger partial charge in [0.1, 0.15) is 0 Å². The highest BCUT2D eigenvalue weighted by atomic mass is 127.